The molecular weight excluding hydrogens is 220 g/mol. The van der Waals surface area contributed by atoms with Crippen molar-refractivity contribution in [2.75, 3.05) is 26.7 Å². The van der Waals surface area contributed by atoms with Gasteiger partial charge in [0.05, 0.1) is 0 Å². The molecule has 0 amide bonds. The smallest absolute Gasteiger partial charge is 0.00218 e. The Hall–Kier alpha value is -0.0800. The molecule has 0 aliphatic carbocycles. The molecule has 2 nitrogen and oxygen atoms in total. The molecule has 0 saturated carbocycles. The molecule has 0 saturated heterocycles. The van der Waals surface area contributed by atoms with E-state index in [0.717, 1.165) is 6.54 Å². The van der Waals surface area contributed by atoms with E-state index in [4.69, 9.17) is 5.73 Å². The largest absolute Gasteiger partial charge is 0.330 e. The number of nitrogens with two attached hydrogens (primary N) is 1. The van der Waals surface area contributed by atoms with Crippen LogP contribution in [0.25, 0.3) is 0 Å². The first-order valence-electron chi connectivity index (χ1n) is 8.20. The quantitative estimate of drug-likeness (QED) is 0.472. The molecule has 0 atom stereocenters. The third-order valence-corrected chi connectivity index (χ3v) is 3.64. The molecule has 0 aliphatic rings. The highest BCUT2D eigenvalue weighted by Gasteiger charge is 1.98. The topological polar surface area (TPSA) is 29.3 Å². The third kappa shape index (κ3) is 14.0. The molecule has 0 unspecified atom stereocenters. The average molecular weight is 256 g/mol. The molecule has 0 aliphatic heterocycles. The molecule has 0 aromatic rings. The molecule has 0 heterocycles. The molecule has 2 N–H and O–H groups in total. The van der Waals surface area contributed by atoms with Crippen molar-refractivity contribution in [3.05, 3.63) is 0 Å². The number of hydrogen-bond donors (Lipinski definition) is 1. The Kier molecular flexibility index (Phi) is 14.9. The lowest BCUT2D eigenvalue weighted by molar-refractivity contribution is 0.314. The van der Waals surface area contributed by atoms with Gasteiger partial charge in [-0.2, -0.15) is 0 Å². The molecule has 0 rings (SSSR count). The molecule has 0 aromatic heterocycles. The Morgan fingerprint density at radius 1 is 0.667 bits per heavy atom. The minimum atomic E-state index is 0.855. The van der Waals surface area contributed by atoms with Crippen LogP contribution in [0.5, 0.6) is 0 Å². The van der Waals surface area contributed by atoms with Crippen molar-refractivity contribution in [2.24, 2.45) is 5.73 Å². The lowest BCUT2D eigenvalue weighted by atomic mass is 10.1. The van der Waals surface area contributed by atoms with Crippen molar-refractivity contribution in [2.45, 2.75) is 77.6 Å². The van der Waals surface area contributed by atoms with Crippen molar-refractivity contribution < 1.29 is 0 Å². The first kappa shape index (κ1) is 17.9. The predicted octanol–water partition coefficient (Wildman–Crippen LogP) is 4.19. The van der Waals surface area contributed by atoms with Gasteiger partial charge in [-0.1, -0.05) is 58.3 Å². The summed E-state index contributed by atoms with van der Waals surface area (Å²) in [5.41, 5.74) is 5.48. The lowest BCUT2D eigenvalue weighted by Gasteiger charge is -2.16. The van der Waals surface area contributed by atoms with Crippen LogP contribution in [-0.2, 0) is 0 Å². The van der Waals surface area contributed by atoms with Gasteiger partial charge in [0, 0.05) is 0 Å². The van der Waals surface area contributed by atoms with E-state index in [2.05, 4.69) is 18.9 Å². The second-order valence-corrected chi connectivity index (χ2v) is 5.63. The van der Waals surface area contributed by atoms with Crippen LogP contribution in [0.4, 0.5) is 0 Å². The van der Waals surface area contributed by atoms with Gasteiger partial charge in [-0.3, -0.25) is 0 Å². The Labute approximate surface area is 115 Å². The summed E-state index contributed by atoms with van der Waals surface area (Å²) in [7, 11) is 2.26. The molecule has 2 heteroatoms. The fourth-order valence-corrected chi connectivity index (χ4v) is 2.33. The monoisotopic (exact) mass is 256 g/mol. The summed E-state index contributed by atoms with van der Waals surface area (Å²) >= 11 is 0. The van der Waals surface area contributed by atoms with E-state index in [9.17, 15) is 0 Å². The predicted molar refractivity (Wildman–Crippen MR) is 83.0 cm³/mol. The maximum atomic E-state index is 5.48. The standard InChI is InChI=1S/C16H36N2/c1-3-4-5-6-7-9-12-15-18(2)16-13-10-8-11-14-17/h3-17H2,1-2H3. The van der Waals surface area contributed by atoms with Crippen molar-refractivity contribution in [1.29, 1.82) is 0 Å². The van der Waals surface area contributed by atoms with E-state index in [-0.39, 0.29) is 0 Å². The molecule has 110 valence electrons. The van der Waals surface area contributed by atoms with Crippen LogP contribution in [0.15, 0.2) is 0 Å². The van der Waals surface area contributed by atoms with Gasteiger partial charge >= 0.3 is 0 Å². The van der Waals surface area contributed by atoms with Crippen molar-refractivity contribution in [3.63, 3.8) is 0 Å². The normalized spacial score (nSPS) is 11.3. The first-order valence-corrected chi connectivity index (χ1v) is 8.20. The highest BCUT2D eigenvalue weighted by atomic mass is 15.1. The van der Waals surface area contributed by atoms with Crippen LogP contribution < -0.4 is 5.73 Å². The van der Waals surface area contributed by atoms with Crippen LogP contribution in [0.1, 0.15) is 77.6 Å². The lowest BCUT2D eigenvalue weighted by Crippen LogP contribution is -2.20. The summed E-state index contributed by atoms with van der Waals surface area (Å²) in [5.74, 6) is 0. The van der Waals surface area contributed by atoms with Gasteiger partial charge < -0.3 is 10.6 Å². The third-order valence-electron chi connectivity index (χ3n) is 3.64. The van der Waals surface area contributed by atoms with Crippen molar-refractivity contribution in [3.8, 4) is 0 Å². The van der Waals surface area contributed by atoms with Crippen LogP contribution >= 0.6 is 0 Å². The fourth-order valence-electron chi connectivity index (χ4n) is 2.33. The van der Waals surface area contributed by atoms with Gasteiger partial charge in [0.2, 0.25) is 0 Å². The van der Waals surface area contributed by atoms with Crippen LogP contribution in [-0.4, -0.2) is 31.6 Å². The highest BCUT2D eigenvalue weighted by molar-refractivity contribution is 4.54. The van der Waals surface area contributed by atoms with Gasteiger partial charge in [-0.15, -0.1) is 0 Å². The molecule has 0 aromatic carbocycles. The second-order valence-electron chi connectivity index (χ2n) is 5.63. The molecule has 0 bridgehead atoms. The van der Waals surface area contributed by atoms with Gasteiger partial charge in [-0.05, 0) is 45.9 Å². The summed E-state index contributed by atoms with van der Waals surface area (Å²) in [5, 5.41) is 0. The first-order chi connectivity index (χ1) is 8.81. The number of rotatable bonds is 14. The SMILES string of the molecule is CCCCCCCCCN(C)CCCCCCN. The second kappa shape index (κ2) is 15.0. The maximum Gasteiger partial charge on any atom is -0.00218 e. The number of unbranched alkanes of at least 4 members (excludes halogenated alkanes) is 9. The van der Waals surface area contributed by atoms with Crippen LogP contribution in [0.2, 0.25) is 0 Å². The number of hydrogen-bond acceptors (Lipinski definition) is 2. The molecule has 0 radical (unpaired) electrons. The Morgan fingerprint density at radius 2 is 1.11 bits per heavy atom. The molecule has 0 fully saturated rings. The average Bonchev–Trinajstić information content (AvgIpc) is 2.37. The minimum Gasteiger partial charge on any atom is -0.330 e. The molecule has 18 heavy (non-hydrogen) atoms. The van der Waals surface area contributed by atoms with Gasteiger partial charge in [0.15, 0.2) is 0 Å². The zero-order chi connectivity index (χ0) is 13.5. The molecular formula is C16H36N2. The number of nitrogens with zero attached hydrogens (tertiary/aromatic N) is 1. The van der Waals surface area contributed by atoms with E-state index >= 15 is 0 Å². The van der Waals surface area contributed by atoms with E-state index < -0.39 is 0 Å². The van der Waals surface area contributed by atoms with E-state index in [1.54, 1.807) is 0 Å². The van der Waals surface area contributed by atoms with Crippen molar-refractivity contribution >= 4 is 0 Å². The van der Waals surface area contributed by atoms with Gasteiger partial charge in [0.25, 0.3) is 0 Å². The maximum absolute atomic E-state index is 5.48. The zero-order valence-corrected chi connectivity index (χ0v) is 12.9. The molecule has 0 spiro atoms. The van der Waals surface area contributed by atoms with E-state index in [0.29, 0.717) is 0 Å². The van der Waals surface area contributed by atoms with Gasteiger partial charge in [0.1, 0.15) is 0 Å². The summed E-state index contributed by atoms with van der Waals surface area (Å²) in [6, 6.07) is 0. The van der Waals surface area contributed by atoms with E-state index in [1.807, 2.05) is 0 Å². The summed E-state index contributed by atoms with van der Waals surface area (Å²) in [4.78, 5) is 2.49. The Morgan fingerprint density at radius 3 is 1.61 bits per heavy atom. The van der Waals surface area contributed by atoms with Crippen LogP contribution in [0.3, 0.4) is 0 Å². The Bertz CT molecular complexity index is 148. The summed E-state index contributed by atoms with van der Waals surface area (Å²) in [6.07, 6.45) is 15.1. The van der Waals surface area contributed by atoms with E-state index in [1.165, 1.54) is 83.7 Å². The van der Waals surface area contributed by atoms with Gasteiger partial charge in [-0.25, -0.2) is 0 Å². The summed E-state index contributed by atoms with van der Waals surface area (Å²) < 4.78 is 0. The highest BCUT2D eigenvalue weighted by Crippen LogP contribution is 2.07. The fraction of sp³-hybridized carbons (Fsp3) is 1.00. The minimum absolute atomic E-state index is 0.855. The Balaban J connectivity index is 3.09. The van der Waals surface area contributed by atoms with Crippen molar-refractivity contribution in [1.82, 2.24) is 4.90 Å². The van der Waals surface area contributed by atoms with Crippen LogP contribution in [0, 0.1) is 0 Å². The zero-order valence-electron chi connectivity index (χ0n) is 12.9. The summed E-state index contributed by atoms with van der Waals surface area (Å²) in [6.45, 7) is 5.68.